The van der Waals surface area contributed by atoms with Crippen LogP contribution >= 0.6 is 27.3 Å². The molecule has 8 heteroatoms. The molecule has 0 saturated carbocycles. The summed E-state index contributed by atoms with van der Waals surface area (Å²) in [5, 5.41) is 3.59. The van der Waals surface area contributed by atoms with Gasteiger partial charge in [0.1, 0.15) is 4.21 Å². The van der Waals surface area contributed by atoms with Gasteiger partial charge in [-0.25, -0.2) is 13.1 Å². The van der Waals surface area contributed by atoms with E-state index >= 15 is 0 Å². The number of nitrogens with zero attached hydrogens (tertiary/aromatic N) is 1. The third-order valence-electron chi connectivity index (χ3n) is 1.68. The van der Waals surface area contributed by atoms with Gasteiger partial charge in [0.05, 0.1) is 9.48 Å². The topological polar surface area (TPSA) is 72.2 Å². The highest BCUT2D eigenvalue weighted by Gasteiger charge is 2.18. The molecule has 0 aliphatic rings. The lowest BCUT2D eigenvalue weighted by molar-refractivity contribution is 0.430. The fourth-order valence-corrected chi connectivity index (χ4v) is 4.02. The minimum atomic E-state index is -3.57. The van der Waals surface area contributed by atoms with Crippen LogP contribution in [0.1, 0.15) is 5.69 Å². The third-order valence-corrected chi connectivity index (χ3v) is 5.14. The Balaban J connectivity index is 2.27. The van der Waals surface area contributed by atoms with Gasteiger partial charge in [-0.3, -0.25) is 0 Å². The van der Waals surface area contributed by atoms with Gasteiger partial charge in [-0.1, -0.05) is 5.16 Å². The Bertz CT molecular complexity index is 602. The molecule has 2 aromatic heterocycles. The van der Waals surface area contributed by atoms with Crippen LogP contribution in [-0.2, 0) is 10.0 Å². The largest absolute Gasteiger partial charge is 0.338 e. The van der Waals surface area contributed by atoms with E-state index < -0.39 is 10.0 Å². The molecular formula is C8H7BrN2O3S2. The zero-order chi connectivity index (χ0) is 11.8. The molecule has 0 spiro atoms. The average molecular weight is 323 g/mol. The fourth-order valence-electron chi connectivity index (χ4n) is 1.04. The average Bonchev–Trinajstić information content (AvgIpc) is 2.75. The van der Waals surface area contributed by atoms with Gasteiger partial charge in [0.25, 0.3) is 10.0 Å². The van der Waals surface area contributed by atoms with Crippen LogP contribution in [0.2, 0.25) is 0 Å². The number of sulfonamides is 1. The van der Waals surface area contributed by atoms with E-state index in [1.807, 2.05) is 0 Å². The van der Waals surface area contributed by atoms with Gasteiger partial charge < -0.3 is 4.52 Å². The lowest BCUT2D eigenvalue weighted by Gasteiger charge is -2.00. The van der Waals surface area contributed by atoms with Crippen molar-refractivity contribution in [2.24, 2.45) is 0 Å². The summed E-state index contributed by atoms with van der Waals surface area (Å²) in [5.41, 5.74) is 0.616. The standard InChI is InChI=1S/C8H7BrN2O3S2/c1-5-4-7(14-10-5)11-16(12,13)8-3-2-6(9)15-8/h2-4,11H,1H3. The maximum absolute atomic E-state index is 11.8. The predicted octanol–water partition coefficient (Wildman–Crippen LogP) is 2.61. The molecule has 0 aliphatic heterocycles. The van der Waals surface area contributed by atoms with Gasteiger partial charge in [-0.2, -0.15) is 0 Å². The fraction of sp³-hybridized carbons (Fsp3) is 0.125. The number of nitrogens with one attached hydrogen (secondary N) is 1. The van der Waals surface area contributed by atoms with Crippen molar-refractivity contribution < 1.29 is 12.9 Å². The van der Waals surface area contributed by atoms with Crippen LogP contribution < -0.4 is 4.72 Å². The van der Waals surface area contributed by atoms with Gasteiger partial charge in [-0.05, 0) is 35.0 Å². The molecule has 1 N–H and O–H groups in total. The van der Waals surface area contributed by atoms with E-state index in [1.54, 1.807) is 13.0 Å². The van der Waals surface area contributed by atoms with Crippen LogP contribution in [0.5, 0.6) is 0 Å². The van der Waals surface area contributed by atoms with Gasteiger partial charge in [-0.15, -0.1) is 11.3 Å². The van der Waals surface area contributed by atoms with Crippen molar-refractivity contribution in [1.82, 2.24) is 5.16 Å². The lowest BCUT2D eigenvalue weighted by Crippen LogP contribution is -2.10. The number of halogens is 1. The summed E-state index contributed by atoms with van der Waals surface area (Å²) in [5.74, 6) is 0.113. The van der Waals surface area contributed by atoms with Crippen LogP contribution in [0.15, 0.2) is 30.7 Å². The van der Waals surface area contributed by atoms with Gasteiger partial charge in [0, 0.05) is 6.07 Å². The van der Waals surface area contributed by atoms with Crippen molar-refractivity contribution in [2.75, 3.05) is 4.72 Å². The molecule has 5 nitrogen and oxygen atoms in total. The molecule has 2 heterocycles. The molecule has 0 aliphatic carbocycles. The number of thiophene rings is 1. The maximum atomic E-state index is 11.8. The summed E-state index contributed by atoms with van der Waals surface area (Å²) in [6.45, 7) is 1.71. The van der Waals surface area contributed by atoms with E-state index in [-0.39, 0.29) is 10.1 Å². The molecule has 2 rings (SSSR count). The first-order valence-electron chi connectivity index (χ1n) is 4.19. The first-order valence-corrected chi connectivity index (χ1v) is 7.28. The summed E-state index contributed by atoms with van der Waals surface area (Å²) in [6.07, 6.45) is 0. The number of rotatable bonds is 3. The van der Waals surface area contributed by atoms with Crippen molar-refractivity contribution in [3.63, 3.8) is 0 Å². The smallest absolute Gasteiger partial charge is 0.273 e. The van der Waals surface area contributed by atoms with Crippen molar-refractivity contribution in [3.8, 4) is 0 Å². The monoisotopic (exact) mass is 322 g/mol. The molecule has 2 aromatic rings. The first kappa shape index (κ1) is 11.6. The van der Waals surface area contributed by atoms with Gasteiger partial charge in [0.15, 0.2) is 0 Å². The Labute approximate surface area is 105 Å². The SMILES string of the molecule is Cc1cc(NS(=O)(=O)c2ccc(Br)s2)on1. The molecule has 86 valence electrons. The van der Waals surface area contributed by atoms with Crippen LogP contribution in [-0.4, -0.2) is 13.6 Å². The van der Waals surface area contributed by atoms with E-state index in [1.165, 1.54) is 12.1 Å². The van der Waals surface area contributed by atoms with Crippen molar-refractivity contribution in [3.05, 3.63) is 27.7 Å². The van der Waals surface area contributed by atoms with E-state index in [0.29, 0.717) is 5.69 Å². The molecule has 0 amide bonds. The van der Waals surface area contributed by atoms with Gasteiger partial charge in [0.2, 0.25) is 5.88 Å². The number of aryl methyl sites for hydroxylation is 1. The molecule has 0 unspecified atom stereocenters. The molecular weight excluding hydrogens is 316 g/mol. The normalized spacial score (nSPS) is 11.6. The molecule has 0 aromatic carbocycles. The predicted molar refractivity (Wildman–Crippen MR) is 64.1 cm³/mol. The molecule has 0 atom stereocenters. The maximum Gasteiger partial charge on any atom is 0.273 e. The third kappa shape index (κ3) is 2.45. The van der Waals surface area contributed by atoms with Crippen LogP contribution in [0.3, 0.4) is 0 Å². The Morgan fingerprint density at radius 2 is 2.25 bits per heavy atom. The molecule has 0 fully saturated rings. The Kier molecular flexibility index (Phi) is 3.04. The Morgan fingerprint density at radius 1 is 1.50 bits per heavy atom. The highest BCUT2D eigenvalue weighted by molar-refractivity contribution is 9.11. The first-order chi connectivity index (χ1) is 7.47. The number of anilines is 1. The van der Waals surface area contributed by atoms with Crippen LogP contribution in [0.25, 0.3) is 0 Å². The summed E-state index contributed by atoms with van der Waals surface area (Å²) >= 11 is 4.33. The Hall–Kier alpha value is -0.860. The highest BCUT2D eigenvalue weighted by Crippen LogP contribution is 2.27. The zero-order valence-electron chi connectivity index (χ0n) is 8.10. The van der Waals surface area contributed by atoms with Gasteiger partial charge >= 0.3 is 0 Å². The quantitative estimate of drug-likeness (QED) is 0.942. The number of aromatic nitrogens is 1. The molecule has 0 saturated heterocycles. The van der Waals surface area contributed by atoms with E-state index in [4.69, 9.17) is 4.52 Å². The zero-order valence-corrected chi connectivity index (χ0v) is 11.3. The van der Waals surface area contributed by atoms with Crippen molar-refractivity contribution in [1.29, 1.82) is 0 Å². The van der Waals surface area contributed by atoms with E-state index in [0.717, 1.165) is 15.1 Å². The van der Waals surface area contributed by atoms with Crippen LogP contribution in [0.4, 0.5) is 5.88 Å². The minimum absolute atomic E-state index is 0.113. The number of hydrogen-bond acceptors (Lipinski definition) is 5. The molecule has 16 heavy (non-hydrogen) atoms. The lowest BCUT2D eigenvalue weighted by atomic mass is 10.5. The molecule has 0 bridgehead atoms. The second-order valence-electron chi connectivity index (χ2n) is 3.00. The second kappa shape index (κ2) is 4.19. The summed E-state index contributed by atoms with van der Waals surface area (Å²) in [6, 6.07) is 4.70. The summed E-state index contributed by atoms with van der Waals surface area (Å²) in [7, 11) is -3.57. The number of hydrogen-bond donors (Lipinski definition) is 1. The highest BCUT2D eigenvalue weighted by atomic mass is 79.9. The summed E-state index contributed by atoms with van der Waals surface area (Å²) < 4.78 is 31.7. The van der Waals surface area contributed by atoms with Crippen molar-refractivity contribution >= 4 is 43.2 Å². The van der Waals surface area contributed by atoms with E-state index in [2.05, 4.69) is 25.8 Å². The van der Waals surface area contributed by atoms with Crippen molar-refractivity contribution in [2.45, 2.75) is 11.1 Å². The molecule has 0 radical (unpaired) electrons. The van der Waals surface area contributed by atoms with E-state index in [9.17, 15) is 8.42 Å². The van der Waals surface area contributed by atoms with Crippen LogP contribution in [0, 0.1) is 6.92 Å². The Morgan fingerprint density at radius 3 is 2.75 bits per heavy atom. The minimum Gasteiger partial charge on any atom is -0.338 e. The second-order valence-corrected chi connectivity index (χ2v) is 7.37. The summed E-state index contributed by atoms with van der Waals surface area (Å²) in [4.78, 5) is 0.